The summed E-state index contributed by atoms with van der Waals surface area (Å²) in [6.07, 6.45) is 1.10. The maximum absolute atomic E-state index is 12.4. The van der Waals surface area contributed by atoms with Gasteiger partial charge in [-0.05, 0) is 31.5 Å². The van der Waals surface area contributed by atoms with Crippen molar-refractivity contribution < 1.29 is 4.79 Å². The zero-order valence-electron chi connectivity index (χ0n) is 11.4. The van der Waals surface area contributed by atoms with E-state index in [1.807, 2.05) is 44.3 Å². The van der Waals surface area contributed by atoms with Crippen molar-refractivity contribution in [3.8, 4) is 0 Å². The van der Waals surface area contributed by atoms with E-state index in [1.165, 1.54) is 0 Å². The summed E-state index contributed by atoms with van der Waals surface area (Å²) in [6, 6.07) is 9.62. The van der Waals surface area contributed by atoms with Gasteiger partial charge in [-0.15, -0.1) is 0 Å². The third kappa shape index (κ3) is 3.09. The smallest absolute Gasteiger partial charge is 0.169 e. The van der Waals surface area contributed by atoms with E-state index in [-0.39, 0.29) is 5.78 Å². The normalized spacial score (nSPS) is 10.7. The molecule has 0 aliphatic rings. The molecule has 19 heavy (non-hydrogen) atoms. The van der Waals surface area contributed by atoms with Crippen LogP contribution in [0.15, 0.2) is 30.3 Å². The van der Waals surface area contributed by atoms with E-state index >= 15 is 0 Å². The largest absolute Gasteiger partial charge is 0.330 e. The molecule has 0 aliphatic heterocycles. The number of ketones is 1. The van der Waals surface area contributed by atoms with Gasteiger partial charge in [0.05, 0.1) is 12.1 Å². The number of Topliss-reactive ketones (excluding diaryl/α,β-unsaturated/α-hetero) is 1. The number of carbonyl (C=O) groups is 1. The van der Waals surface area contributed by atoms with E-state index in [1.54, 1.807) is 4.68 Å². The first-order valence-electron chi connectivity index (χ1n) is 6.42. The maximum atomic E-state index is 12.4. The van der Waals surface area contributed by atoms with Gasteiger partial charge in [0.15, 0.2) is 5.78 Å². The van der Waals surface area contributed by atoms with Crippen LogP contribution in [0.2, 0.25) is 0 Å². The van der Waals surface area contributed by atoms with Gasteiger partial charge in [-0.3, -0.25) is 9.48 Å². The van der Waals surface area contributed by atoms with Crippen LogP contribution in [0.3, 0.4) is 0 Å². The average molecular weight is 257 g/mol. The Labute approximate surface area is 113 Å². The van der Waals surface area contributed by atoms with Gasteiger partial charge in [-0.25, -0.2) is 0 Å². The standard InChI is InChI=1S/C15H19N3O/c1-11-9-13(18(2)17-11)10-15(19)14-6-4-3-5-12(14)7-8-16/h3-6,9H,7-8,10,16H2,1-2H3. The van der Waals surface area contributed by atoms with Crippen LogP contribution in [0, 0.1) is 6.92 Å². The Bertz CT molecular complexity index is 587. The van der Waals surface area contributed by atoms with Gasteiger partial charge in [0.25, 0.3) is 0 Å². The summed E-state index contributed by atoms with van der Waals surface area (Å²) in [5.41, 5.74) is 9.24. The second-order valence-corrected chi connectivity index (χ2v) is 4.70. The predicted molar refractivity (Wildman–Crippen MR) is 75.2 cm³/mol. The van der Waals surface area contributed by atoms with Crippen LogP contribution >= 0.6 is 0 Å². The van der Waals surface area contributed by atoms with Crippen molar-refractivity contribution in [1.82, 2.24) is 9.78 Å². The zero-order valence-corrected chi connectivity index (χ0v) is 11.4. The Morgan fingerprint density at radius 3 is 2.74 bits per heavy atom. The van der Waals surface area contributed by atoms with Crippen LogP contribution in [0.5, 0.6) is 0 Å². The Morgan fingerprint density at radius 2 is 2.11 bits per heavy atom. The predicted octanol–water partition coefficient (Wildman–Crippen LogP) is 1.66. The highest BCUT2D eigenvalue weighted by Crippen LogP contribution is 2.13. The van der Waals surface area contributed by atoms with E-state index in [2.05, 4.69) is 5.10 Å². The summed E-state index contributed by atoms with van der Waals surface area (Å²) < 4.78 is 1.76. The maximum Gasteiger partial charge on any atom is 0.169 e. The first kappa shape index (κ1) is 13.5. The number of carbonyl (C=O) groups excluding carboxylic acids is 1. The fourth-order valence-corrected chi connectivity index (χ4v) is 2.26. The Kier molecular flexibility index (Phi) is 4.12. The summed E-state index contributed by atoms with van der Waals surface area (Å²) in [4.78, 5) is 12.4. The minimum atomic E-state index is 0.118. The number of nitrogens with zero attached hydrogens (tertiary/aromatic N) is 2. The molecule has 0 atom stereocenters. The van der Waals surface area contributed by atoms with Crippen molar-refractivity contribution in [2.75, 3.05) is 6.54 Å². The van der Waals surface area contributed by atoms with Crippen LogP contribution in [0.4, 0.5) is 0 Å². The molecule has 0 amide bonds. The molecule has 100 valence electrons. The summed E-state index contributed by atoms with van der Waals surface area (Å²) >= 11 is 0. The Hall–Kier alpha value is -1.94. The third-order valence-corrected chi connectivity index (χ3v) is 3.17. The van der Waals surface area contributed by atoms with Crippen LogP contribution in [-0.2, 0) is 19.9 Å². The molecule has 0 bridgehead atoms. The third-order valence-electron chi connectivity index (χ3n) is 3.17. The molecular weight excluding hydrogens is 238 g/mol. The molecule has 1 aromatic heterocycles. The van der Waals surface area contributed by atoms with Crippen LogP contribution in [0.1, 0.15) is 27.3 Å². The van der Waals surface area contributed by atoms with E-state index in [0.29, 0.717) is 13.0 Å². The van der Waals surface area contributed by atoms with Crippen molar-refractivity contribution >= 4 is 5.78 Å². The molecule has 0 fully saturated rings. The molecule has 1 aromatic carbocycles. The van der Waals surface area contributed by atoms with E-state index in [9.17, 15) is 4.79 Å². The van der Waals surface area contributed by atoms with Crippen molar-refractivity contribution in [3.05, 3.63) is 52.8 Å². The highest BCUT2D eigenvalue weighted by molar-refractivity contribution is 5.98. The molecule has 0 aliphatic carbocycles. The Morgan fingerprint density at radius 1 is 1.37 bits per heavy atom. The summed E-state index contributed by atoms with van der Waals surface area (Å²) in [6.45, 7) is 2.48. The van der Waals surface area contributed by atoms with Crippen LogP contribution < -0.4 is 5.73 Å². The lowest BCUT2D eigenvalue weighted by atomic mass is 9.98. The number of hydrogen-bond donors (Lipinski definition) is 1. The molecular formula is C15H19N3O. The van der Waals surface area contributed by atoms with Gasteiger partial charge in [0.2, 0.25) is 0 Å². The lowest BCUT2D eigenvalue weighted by Gasteiger charge is -2.07. The topological polar surface area (TPSA) is 60.9 Å². The monoisotopic (exact) mass is 257 g/mol. The minimum Gasteiger partial charge on any atom is -0.330 e. The zero-order chi connectivity index (χ0) is 13.8. The summed E-state index contributed by atoms with van der Waals surface area (Å²) in [5.74, 6) is 0.118. The first-order valence-corrected chi connectivity index (χ1v) is 6.42. The van der Waals surface area contributed by atoms with Crippen molar-refractivity contribution in [2.24, 2.45) is 12.8 Å². The molecule has 0 radical (unpaired) electrons. The average Bonchev–Trinajstić information content (AvgIpc) is 2.69. The molecule has 0 spiro atoms. The summed E-state index contributed by atoms with van der Waals surface area (Å²) in [5, 5.41) is 4.26. The molecule has 0 unspecified atom stereocenters. The van der Waals surface area contributed by atoms with Crippen molar-refractivity contribution in [1.29, 1.82) is 0 Å². The first-order chi connectivity index (χ1) is 9.11. The van der Waals surface area contributed by atoms with Crippen LogP contribution in [0.25, 0.3) is 0 Å². The molecule has 2 rings (SSSR count). The van der Waals surface area contributed by atoms with Crippen molar-refractivity contribution in [2.45, 2.75) is 19.8 Å². The fourth-order valence-electron chi connectivity index (χ4n) is 2.26. The second kappa shape index (κ2) is 5.80. The molecule has 0 saturated carbocycles. The molecule has 2 aromatic rings. The molecule has 2 N–H and O–H groups in total. The SMILES string of the molecule is Cc1cc(CC(=O)c2ccccc2CCN)n(C)n1. The minimum absolute atomic E-state index is 0.118. The van der Waals surface area contributed by atoms with Gasteiger partial charge >= 0.3 is 0 Å². The van der Waals surface area contributed by atoms with Crippen molar-refractivity contribution in [3.63, 3.8) is 0 Å². The number of benzene rings is 1. The number of rotatable bonds is 5. The molecule has 0 saturated heterocycles. The van der Waals surface area contributed by atoms with Gasteiger partial charge in [-0.1, -0.05) is 24.3 Å². The molecule has 4 heteroatoms. The van der Waals surface area contributed by atoms with Gasteiger partial charge in [0, 0.05) is 18.3 Å². The molecule has 4 nitrogen and oxygen atoms in total. The number of aryl methyl sites for hydroxylation is 2. The highest BCUT2D eigenvalue weighted by atomic mass is 16.1. The number of aromatic nitrogens is 2. The number of hydrogen-bond acceptors (Lipinski definition) is 3. The van der Waals surface area contributed by atoms with E-state index in [4.69, 9.17) is 5.73 Å². The molecule has 1 heterocycles. The van der Waals surface area contributed by atoms with E-state index in [0.717, 1.165) is 28.9 Å². The lowest BCUT2D eigenvalue weighted by Crippen LogP contribution is -2.12. The Balaban J connectivity index is 2.22. The van der Waals surface area contributed by atoms with Crippen LogP contribution in [-0.4, -0.2) is 22.1 Å². The summed E-state index contributed by atoms with van der Waals surface area (Å²) in [7, 11) is 1.86. The van der Waals surface area contributed by atoms with Gasteiger partial charge in [-0.2, -0.15) is 5.10 Å². The highest BCUT2D eigenvalue weighted by Gasteiger charge is 2.13. The quantitative estimate of drug-likeness (QED) is 0.829. The number of nitrogens with two attached hydrogens (primary N) is 1. The van der Waals surface area contributed by atoms with Gasteiger partial charge < -0.3 is 5.73 Å². The second-order valence-electron chi connectivity index (χ2n) is 4.70. The fraction of sp³-hybridized carbons (Fsp3) is 0.333. The lowest BCUT2D eigenvalue weighted by molar-refractivity contribution is 0.0990. The van der Waals surface area contributed by atoms with Gasteiger partial charge in [0.1, 0.15) is 0 Å². The van der Waals surface area contributed by atoms with E-state index < -0.39 is 0 Å².